The molecule has 3 rings (SSSR count). The minimum absolute atomic E-state index is 0.0921. The number of aromatic nitrogens is 2. The molecule has 0 spiro atoms. The summed E-state index contributed by atoms with van der Waals surface area (Å²) in [7, 11) is 1.80. The molecule has 0 fully saturated rings. The number of aromatic amines is 1. The van der Waals surface area contributed by atoms with E-state index in [-0.39, 0.29) is 5.91 Å². The van der Waals surface area contributed by atoms with Gasteiger partial charge in [-0.05, 0) is 18.1 Å². The van der Waals surface area contributed by atoms with Gasteiger partial charge in [-0.25, -0.2) is 0 Å². The van der Waals surface area contributed by atoms with Crippen molar-refractivity contribution >= 4 is 16.9 Å². The Hall–Kier alpha value is -2.56. The Labute approximate surface area is 141 Å². The molecule has 0 aliphatic heterocycles. The summed E-state index contributed by atoms with van der Waals surface area (Å²) in [5.41, 5.74) is 3.36. The first-order valence-electron chi connectivity index (χ1n) is 8.31. The van der Waals surface area contributed by atoms with Gasteiger partial charge in [-0.1, -0.05) is 39.0 Å². The molecule has 0 aliphatic rings. The van der Waals surface area contributed by atoms with E-state index in [1.54, 1.807) is 11.9 Å². The minimum atomic E-state index is -0.0921. The third-order valence-electron chi connectivity index (χ3n) is 4.28. The number of fused-ring (bicyclic) bond motifs is 1. The lowest BCUT2D eigenvalue weighted by atomic mass is 10.1. The molecule has 0 saturated heterocycles. The van der Waals surface area contributed by atoms with E-state index in [0.29, 0.717) is 18.2 Å². The number of nitrogens with zero attached hydrogens (tertiary/aromatic N) is 2. The summed E-state index contributed by atoms with van der Waals surface area (Å²) < 4.78 is 5.91. The van der Waals surface area contributed by atoms with Gasteiger partial charge in [0.25, 0.3) is 5.91 Å². The molecule has 1 amide bonds. The zero-order valence-corrected chi connectivity index (χ0v) is 14.6. The summed E-state index contributed by atoms with van der Waals surface area (Å²) in [6.45, 7) is 6.70. The number of nitrogens with one attached hydrogen (secondary N) is 1. The lowest BCUT2D eigenvalue weighted by molar-refractivity contribution is 0.0779. The van der Waals surface area contributed by atoms with Crippen LogP contribution in [0, 0.1) is 0 Å². The SMILES string of the molecule is CCc1oc2ccccc2c1CN(C)C(=O)c1cc(C(C)C)[nH]n1. The largest absolute Gasteiger partial charge is 0.461 e. The molecular formula is C19H23N3O2. The summed E-state index contributed by atoms with van der Waals surface area (Å²) in [6.07, 6.45) is 0.798. The monoisotopic (exact) mass is 325 g/mol. The van der Waals surface area contributed by atoms with Crippen LogP contribution in [-0.4, -0.2) is 28.1 Å². The van der Waals surface area contributed by atoms with E-state index in [2.05, 4.69) is 31.0 Å². The first-order chi connectivity index (χ1) is 11.5. The first-order valence-corrected chi connectivity index (χ1v) is 8.31. The summed E-state index contributed by atoms with van der Waals surface area (Å²) in [5, 5.41) is 8.16. The maximum Gasteiger partial charge on any atom is 0.274 e. The second kappa shape index (κ2) is 6.51. The minimum Gasteiger partial charge on any atom is -0.461 e. The zero-order chi connectivity index (χ0) is 17.3. The molecule has 0 bridgehead atoms. The molecule has 3 aromatic rings. The Balaban J connectivity index is 1.86. The van der Waals surface area contributed by atoms with Gasteiger partial charge in [0.15, 0.2) is 0 Å². The van der Waals surface area contributed by atoms with Crippen LogP contribution >= 0.6 is 0 Å². The molecule has 0 aliphatic carbocycles. The van der Waals surface area contributed by atoms with Crippen molar-refractivity contribution in [1.82, 2.24) is 15.1 Å². The third-order valence-corrected chi connectivity index (χ3v) is 4.28. The molecule has 1 aromatic carbocycles. The Morgan fingerprint density at radius 3 is 2.75 bits per heavy atom. The zero-order valence-electron chi connectivity index (χ0n) is 14.6. The number of aryl methyl sites for hydroxylation is 1. The molecule has 1 N–H and O–H groups in total. The third kappa shape index (κ3) is 2.94. The molecule has 2 aromatic heterocycles. The molecular weight excluding hydrogens is 302 g/mol. The number of amides is 1. The van der Waals surface area contributed by atoms with Crippen LogP contribution in [0.1, 0.15) is 54.2 Å². The molecule has 0 radical (unpaired) electrons. The Morgan fingerprint density at radius 2 is 2.08 bits per heavy atom. The van der Waals surface area contributed by atoms with Crippen LogP contribution in [0.3, 0.4) is 0 Å². The van der Waals surface area contributed by atoms with Gasteiger partial charge in [-0.15, -0.1) is 0 Å². The highest BCUT2D eigenvalue weighted by Gasteiger charge is 2.20. The second-order valence-electron chi connectivity index (χ2n) is 6.38. The summed E-state index contributed by atoms with van der Waals surface area (Å²) >= 11 is 0. The van der Waals surface area contributed by atoms with Crippen LogP contribution in [0.5, 0.6) is 0 Å². The fraction of sp³-hybridized carbons (Fsp3) is 0.368. The van der Waals surface area contributed by atoms with Crippen LogP contribution in [-0.2, 0) is 13.0 Å². The van der Waals surface area contributed by atoms with Crippen molar-refractivity contribution in [3.05, 3.63) is 53.0 Å². The summed E-state index contributed by atoms with van der Waals surface area (Å²) in [6, 6.07) is 9.78. The molecule has 126 valence electrons. The molecule has 5 nitrogen and oxygen atoms in total. The fourth-order valence-electron chi connectivity index (χ4n) is 2.85. The van der Waals surface area contributed by atoms with Gasteiger partial charge < -0.3 is 9.32 Å². The Kier molecular flexibility index (Phi) is 4.42. The van der Waals surface area contributed by atoms with Crippen LogP contribution in [0.4, 0.5) is 0 Å². The van der Waals surface area contributed by atoms with Crippen molar-refractivity contribution in [1.29, 1.82) is 0 Å². The van der Waals surface area contributed by atoms with E-state index in [9.17, 15) is 4.79 Å². The normalized spacial score (nSPS) is 11.4. The molecule has 5 heteroatoms. The predicted molar refractivity (Wildman–Crippen MR) is 94.1 cm³/mol. The van der Waals surface area contributed by atoms with Crippen LogP contribution in [0.15, 0.2) is 34.7 Å². The van der Waals surface area contributed by atoms with Crippen LogP contribution in [0.2, 0.25) is 0 Å². The van der Waals surface area contributed by atoms with Gasteiger partial charge >= 0.3 is 0 Å². The number of carbonyl (C=O) groups is 1. The molecule has 2 heterocycles. The molecule has 24 heavy (non-hydrogen) atoms. The highest BCUT2D eigenvalue weighted by molar-refractivity contribution is 5.92. The first kappa shape index (κ1) is 16.3. The van der Waals surface area contributed by atoms with Crippen molar-refractivity contribution in [2.24, 2.45) is 0 Å². The molecule has 0 atom stereocenters. The number of carbonyl (C=O) groups excluding carboxylic acids is 1. The smallest absolute Gasteiger partial charge is 0.274 e. The lowest BCUT2D eigenvalue weighted by Gasteiger charge is -2.16. The maximum atomic E-state index is 12.7. The number of furan rings is 1. The molecule has 0 unspecified atom stereocenters. The highest BCUT2D eigenvalue weighted by Crippen LogP contribution is 2.27. The Bertz CT molecular complexity index is 861. The number of benzene rings is 1. The maximum absolute atomic E-state index is 12.7. The van der Waals surface area contributed by atoms with Gasteiger partial charge in [0.05, 0.1) is 0 Å². The fourth-order valence-corrected chi connectivity index (χ4v) is 2.85. The average Bonchev–Trinajstić information content (AvgIpc) is 3.19. The lowest BCUT2D eigenvalue weighted by Crippen LogP contribution is -2.26. The van der Waals surface area contributed by atoms with Crippen molar-refractivity contribution in [2.75, 3.05) is 7.05 Å². The van der Waals surface area contributed by atoms with Gasteiger partial charge in [0.1, 0.15) is 17.0 Å². The number of para-hydroxylation sites is 1. The van der Waals surface area contributed by atoms with Crippen LogP contribution < -0.4 is 0 Å². The topological polar surface area (TPSA) is 62.1 Å². The Morgan fingerprint density at radius 1 is 1.33 bits per heavy atom. The van der Waals surface area contributed by atoms with E-state index >= 15 is 0 Å². The number of hydrogen-bond donors (Lipinski definition) is 1. The standard InChI is InChI=1S/C19H23N3O2/c1-5-17-14(13-8-6-7-9-18(13)24-17)11-22(4)19(23)16-10-15(12(2)3)20-21-16/h6-10,12H,5,11H2,1-4H3,(H,20,21). The summed E-state index contributed by atoms with van der Waals surface area (Å²) in [5.74, 6) is 1.15. The number of hydrogen-bond acceptors (Lipinski definition) is 3. The van der Waals surface area contributed by atoms with E-state index in [1.165, 1.54) is 0 Å². The number of H-pyrrole nitrogens is 1. The molecule has 0 saturated carbocycles. The van der Waals surface area contributed by atoms with E-state index < -0.39 is 0 Å². The van der Waals surface area contributed by atoms with Crippen molar-refractivity contribution in [3.63, 3.8) is 0 Å². The van der Waals surface area contributed by atoms with Gasteiger partial charge in [0, 0.05) is 36.7 Å². The quantitative estimate of drug-likeness (QED) is 0.767. The highest BCUT2D eigenvalue weighted by atomic mass is 16.3. The van der Waals surface area contributed by atoms with Crippen molar-refractivity contribution in [2.45, 2.75) is 39.7 Å². The predicted octanol–water partition coefficient (Wildman–Crippen LogP) is 4.11. The second-order valence-corrected chi connectivity index (χ2v) is 6.38. The van der Waals surface area contributed by atoms with Crippen molar-refractivity contribution in [3.8, 4) is 0 Å². The van der Waals surface area contributed by atoms with Gasteiger partial charge in [0.2, 0.25) is 0 Å². The average molecular weight is 325 g/mol. The van der Waals surface area contributed by atoms with Crippen LogP contribution in [0.25, 0.3) is 11.0 Å². The van der Waals surface area contributed by atoms with E-state index in [1.807, 2.05) is 30.3 Å². The van der Waals surface area contributed by atoms with E-state index in [0.717, 1.165) is 34.4 Å². The van der Waals surface area contributed by atoms with Gasteiger partial charge in [-0.2, -0.15) is 5.10 Å². The van der Waals surface area contributed by atoms with E-state index in [4.69, 9.17) is 4.42 Å². The van der Waals surface area contributed by atoms with Gasteiger partial charge in [-0.3, -0.25) is 9.89 Å². The van der Waals surface area contributed by atoms with Crippen molar-refractivity contribution < 1.29 is 9.21 Å². The number of rotatable bonds is 5. The summed E-state index contributed by atoms with van der Waals surface area (Å²) in [4.78, 5) is 14.3.